The topological polar surface area (TPSA) is 25.1 Å². The average Bonchev–Trinajstić information content (AvgIpc) is 3.31. The molecule has 0 spiro atoms. The van der Waals surface area contributed by atoms with E-state index < -0.39 is 0 Å². The zero-order valence-electron chi connectivity index (χ0n) is 15.6. The van der Waals surface area contributed by atoms with Gasteiger partial charge in [-0.25, -0.2) is 0 Å². The minimum absolute atomic E-state index is 0.833. The van der Waals surface area contributed by atoms with E-state index in [0.29, 0.717) is 0 Å². The van der Waals surface area contributed by atoms with Crippen LogP contribution >= 0.6 is 0 Å². The highest BCUT2D eigenvalue weighted by Crippen LogP contribution is 2.78. The van der Waals surface area contributed by atoms with Crippen molar-refractivity contribution in [3.05, 3.63) is 23.0 Å². The highest BCUT2D eigenvalue weighted by atomic mass is 16.6. The lowest BCUT2D eigenvalue weighted by molar-refractivity contribution is 0.0868. The summed E-state index contributed by atoms with van der Waals surface area (Å²) < 4.78 is 11.4. The number of hydrogen-bond acceptors (Lipinski definition) is 2. The number of rotatable bonds is 0. The molecule has 2 heteroatoms. The minimum atomic E-state index is 0.833. The zero-order chi connectivity index (χ0) is 16.5. The van der Waals surface area contributed by atoms with E-state index in [1.54, 1.807) is 0 Å². The Kier molecular flexibility index (Phi) is 3.59. The van der Waals surface area contributed by atoms with Gasteiger partial charge in [0.2, 0.25) is 0 Å². The molecule has 0 radical (unpaired) electrons. The molecule has 7 aliphatic rings. The van der Waals surface area contributed by atoms with Crippen LogP contribution in [0.25, 0.3) is 0 Å². The Morgan fingerprint density at radius 3 is 1.91 bits per heavy atom. The van der Waals surface area contributed by atoms with E-state index in [0.717, 1.165) is 47.3 Å². The second kappa shape index (κ2) is 5.29. The summed E-state index contributed by atoms with van der Waals surface area (Å²) in [7, 11) is 0. The number of allylic oxidation sites excluding steroid dienone is 4. The highest BCUT2D eigenvalue weighted by molar-refractivity contribution is 5.41. The Morgan fingerprint density at radius 2 is 1.26 bits per heavy atom. The van der Waals surface area contributed by atoms with E-state index in [1.165, 1.54) is 42.3 Å². The van der Waals surface area contributed by atoms with Crippen molar-refractivity contribution in [1.29, 1.82) is 0 Å². The Morgan fingerprint density at radius 1 is 0.652 bits per heavy atom. The van der Waals surface area contributed by atoms with E-state index in [9.17, 15) is 0 Å². The van der Waals surface area contributed by atoms with Crippen LogP contribution in [0.15, 0.2) is 23.0 Å². The lowest BCUT2D eigenvalue weighted by atomic mass is 9.65. The Labute approximate surface area is 141 Å². The summed E-state index contributed by atoms with van der Waals surface area (Å²) in [6.45, 7) is 12.0. The van der Waals surface area contributed by atoms with Crippen molar-refractivity contribution in [3.63, 3.8) is 0 Å². The predicted octanol–water partition coefficient (Wildman–Crippen LogP) is 5.72. The molecule has 8 unspecified atom stereocenters. The predicted molar refractivity (Wildman–Crippen MR) is 92.0 cm³/mol. The summed E-state index contributed by atoms with van der Waals surface area (Å²) in [6, 6.07) is 0. The third kappa shape index (κ3) is 1.71. The molecule has 0 amide bonds. The van der Waals surface area contributed by atoms with Gasteiger partial charge in [-0.2, -0.15) is 0 Å². The summed E-state index contributed by atoms with van der Waals surface area (Å²) >= 11 is 0. The fraction of sp³-hybridized carbons (Fsp3) is 0.810. The second-order valence-electron chi connectivity index (χ2n) is 7.28. The first-order chi connectivity index (χ1) is 11.4. The average molecular weight is 316 g/mol. The van der Waals surface area contributed by atoms with E-state index >= 15 is 0 Å². The summed E-state index contributed by atoms with van der Waals surface area (Å²) in [5.41, 5.74) is 0. The van der Waals surface area contributed by atoms with Crippen molar-refractivity contribution in [1.82, 2.24) is 0 Å². The second-order valence-corrected chi connectivity index (χ2v) is 7.28. The molecular weight excluding hydrogens is 284 g/mol. The van der Waals surface area contributed by atoms with Gasteiger partial charge in [0, 0.05) is 24.2 Å². The van der Waals surface area contributed by atoms with Crippen LogP contribution < -0.4 is 0 Å². The fourth-order valence-corrected chi connectivity index (χ4v) is 6.91. The molecule has 7 rings (SSSR count). The molecule has 0 aromatic rings. The Hall–Kier alpha value is -0.920. The SMILES string of the molecule is C1C2C3=C(O3)C1C1C3CC(C4CC5=C(O5)C43)C21.CC.CC.CC. The molecule has 0 aromatic carbocycles. The summed E-state index contributed by atoms with van der Waals surface area (Å²) in [5, 5.41) is 0. The largest absolute Gasteiger partial charge is 0.459 e. The monoisotopic (exact) mass is 316 g/mol. The molecule has 2 aliphatic heterocycles. The maximum absolute atomic E-state index is 5.75. The fourth-order valence-electron chi connectivity index (χ4n) is 6.91. The van der Waals surface area contributed by atoms with E-state index in [1.807, 2.05) is 41.5 Å². The third-order valence-electron chi connectivity index (χ3n) is 7.17. The summed E-state index contributed by atoms with van der Waals surface area (Å²) in [4.78, 5) is 0. The standard InChI is InChI=1S/C15H14O2.3C2H6/c1-4-5-3-9-15(16-9)12(5)6(1)11-8-2-7(10(4)11)13-14(8)17-13;3*1-2/h4-8,10-12H,1-3H2;3*1-2H3. The minimum Gasteiger partial charge on any atom is -0.459 e. The normalized spacial score (nSPS) is 49.1. The van der Waals surface area contributed by atoms with Crippen LogP contribution in [0.3, 0.4) is 0 Å². The Bertz CT molecular complexity index is 572. The third-order valence-corrected chi connectivity index (χ3v) is 7.17. The lowest BCUT2D eigenvalue weighted by Gasteiger charge is -2.38. The Balaban J connectivity index is 0.000000207. The van der Waals surface area contributed by atoms with Crippen LogP contribution in [0.4, 0.5) is 0 Å². The van der Waals surface area contributed by atoms with Gasteiger partial charge in [-0.15, -0.1) is 0 Å². The molecular formula is C21H32O2. The van der Waals surface area contributed by atoms with E-state index in [-0.39, 0.29) is 0 Å². The molecule has 3 fully saturated rings. The first kappa shape index (κ1) is 15.6. The summed E-state index contributed by atoms with van der Waals surface area (Å²) in [6.07, 6.45) is 4.24. The first-order valence-corrected chi connectivity index (χ1v) is 10.2. The molecule has 2 heterocycles. The molecule has 23 heavy (non-hydrogen) atoms. The van der Waals surface area contributed by atoms with Crippen LogP contribution in [-0.2, 0) is 9.47 Å². The first-order valence-electron chi connectivity index (χ1n) is 10.2. The van der Waals surface area contributed by atoms with E-state index in [4.69, 9.17) is 9.47 Å². The lowest BCUT2D eigenvalue weighted by Crippen LogP contribution is -2.36. The maximum atomic E-state index is 5.75. The van der Waals surface area contributed by atoms with Crippen LogP contribution in [0, 0.1) is 47.3 Å². The van der Waals surface area contributed by atoms with Crippen LogP contribution in [-0.4, -0.2) is 0 Å². The quantitative estimate of drug-likeness (QED) is 0.534. The molecule has 0 aromatic heterocycles. The van der Waals surface area contributed by atoms with Crippen molar-refractivity contribution in [2.75, 3.05) is 0 Å². The van der Waals surface area contributed by atoms with Crippen molar-refractivity contribution in [3.8, 4) is 0 Å². The molecule has 0 N–H and O–H groups in total. The number of fused-ring (bicyclic) bond motifs is 15. The van der Waals surface area contributed by atoms with Gasteiger partial charge in [0.25, 0.3) is 0 Å². The van der Waals surface area contributed by atoms with Gasteiger partial charge >= 0.3 is 0 Å². The van der Waals surface area contributed by atoms with Crippen molar-refractivity contribution in [2.24, 2.45) is 47.3 Å². The van der Waals surface area contributed by atoms with Gasteiger partial charge in [-0.1, -0.05) is 41.5 Å². The highest BCUT2D eigenvalue weighted by Gasteiger charge is 2.74. The maximum Gasteiger partial charge on any atom is 0.146 e. The van der Waals surface area contributed by atoms with Crippen molar-refractivity contribution >= 4 is 0 Å². The summed E-state index contributed by atoms with van der Waals surface area (Å²) in [5.74, 6) is 13.2. The number of hydrogen-bond donors (Lipinski definition) is 0. The molecule has 5 aliphatic carbocycles. The van der Waals surface area contributed by atoms with E-state index in [2.05, 4.69) is 0 Å². The van der Waals surface area contributed by atoms with Crippen LogP contribution in [0.5, 0.6) is 0 Å². The molecule has 3 saturated carbocycles. The molecule has 128 valence electrons. The van der Waals surface area contributed by atoms with Gasteiger partial charge in [-0.05, 0) is 42.4 Å². The molecule has 8 atom stereocenters. The van der Waals surface area contributed by atoms with Crippen molar-refractivity contribution in [2.45, 2.75) is 60.8 Å². The van der Waals surface area contributed by atoms with Gasteiger partial charge in [0.15, 0.2) is 0 Å². The molecule has 2 nitrogen and oxygen atoms in total. The van der Waals surface area contributed by atoms with Crippen LogP contribution in [0.2, 0.25) is 0 Å². The van der Waals surface area contributed by atoms with Gasteiger partial charge in [-0.3, -0.25) is 0 Å². The molecule has 4 bridgehead atoms. The van der Waals surface area contributed by atoms with Gasteiger partial charge < -0.3 is 9.47 Å². The van der Waals surface area contributed by atoms with Crippen LogP contribution in [0.1, 0.15) is 60.8 Å². The van der Waals surface area contributed by atoms with Crippen molar-refractivity contribution < 1.29 is 9.47 Å². The van der Waals surface area contributed by atoms with Gasteiger partial charge in [0.05, 0.1) is 0 Å². The van der Waals surface area contributed by atoms with Gasteiger partial charge in [0.1, 0.15) is 23.0 Å². The zero-order valence-corrected chi connectivity index (χ0v) is 15.6. The number of ether oxygens (including phenoxy) is 2. The molecule has 0 saturated heterocycles. The smallest absolute Gasteiger partial charge is 0.146 e.